The Balaban J connectivity index is 1.91. The van der Waals surface area contributed by atoms with Crippen LogP contribution in [0.15, 0.2) is 18.2 Å². The Hall–Kier alpha value is -0.810. The van der Waals surface area contributed by atoms with Crippen molar-refractivity contribution in [2.24, 2.45) is 0 Å². The van der Waals surface area contributed by atoms with Crippen LogP contribution in [0.1, 0.15) is 32.4 Å². The number of hydrogen-bond acceptors (Lipinski definition) is 2. The third-order valence-corrected chi connectivity index (χ3v) is 4.40. The van der Waals surface area contributed by atoms with E-state index < -0.39 is 0 Å². The number of quaternary nitrogens is 1. The van der Waals surface area contributed by atoms with Gasteiger partial charge in [-0.3, -0.25) is 4.79 Å². The highest BCUT2D eigenvalue weighted by Crippen LogP contribution is 2.25. The summed E-state index contributed by atoms with van der Waals surface area (Å²) in [6, 6.07) is 5.17. The monoisotopic (exact) mass is 345 g/mol. The van der Waals surface area contributed by atoms with Crippen LogP contribution in [0, 0.1) is 0 Å². The Bertz CT molecular complexity index is 529. The number of nitrogens with one attached hydrogen (secondary N) is 2. The summed E-state index contributed by atoms with van der Waals surface area (Å²) < 4.78 is 5.69. The molecule has 1 amide bonds. The van der Waals surface area contributed by atoms with Gasteiger partial charge in [-0.05, 0) is 38.5 Å². The van der Waals surface area contributed by atoms with E-state index in [0.717, 1.165) is 18.7 Å². The zero-order valence-corrected chi connectivity index (χ0v) is 14.7. The van der Waals surface area contributed by atoms with Gasteiger partial charge in [0.05, 0.1) is 6.04 Å². The van der Waals surface area contributed by atoms with Gasteiger partial charge in [0.25, 0.3) is 5.91 Å². The predicted octanol–water partition coefficient (Wildman–Crippen LogP) is 1.86. The number of amides is 1. The number of ether oxygens (including phenoxy) is 1. The summed E-state index contributed by atoms with van der Waals surface area (Å²) in [4.78, 5) is 13.5. The molecule has 6 heteroatoms. The van der Waals surface area contributed by atoms with Crippen LogP contribution in [-0.4, -0.2) is 37.7 Å². The molecule has 1 aliphatic heterocycles. The van der Waals surface area contributed by atoms with Gasteiger partial charge in [-0.1, -0.05) is 29.3 Å². The van der Waals surface area contributed by atoms with Crippen LogP contribution in [0.25, 0.3) is 0 Å². The molecular formula is C16H23Cl2N2O2+. The molecule has 1 heterocycles. The molecule has 0 aromatic heterocycles. The van der Waals surface area contributed by atoms with Crippen LogP contribution in [0.2, 0.25) is 10.0 Å². The molecule has 1 saturated heterocycles. The van der Waals surface area contributed by atoms with Crippen molar-refractivity contribution in [3.8, 4) is 0 Å². The number of benzene rings is 1. The summed E-state index contributed by atoms with van der Waals surface area (Å²) in [5, 5.41) is 4.17. The number of carbonyl (C=O) groups is 1. The molecule has 4 nitrogen and oxygen atoms in total. The summed E-state index contributed by atoms with van der Waals surface area (Å²) in [6.07, 6.45) is 0.379. The number of morpholine rings is 1. The maximum Gasteiger partial charge on any atom is 0.275 e. The molecule has 1 aromatic carbocycles. The van der Waals surface area contributed by atoms with Crippen molar-refractivity contribution < 1.29 is 14.4 Å². The van der Waals surface area contributed by atoms with Crippen molar-refractivity contribution in [3.05, 3.63) is 33.8 Å². The van der Waals surface area contributed by atoms with Crippen LogP contribution >= 0.6 is 23.2 Å². The zero-order valence-electron chi connectivity index (χ0n) is 13.2. The summed E-state index contributed by atoms with van der Waals surface area (Å²) in [6.45, 7) is 8.18. The summed E-state index contributed by atoms with van der Waals surface area (Å²) in [5.41, 5.74) is 0.873. The molecule has 2 N–H and O–H groups in total. The third-order valence-electron chi connectivity index (χ3n) is 3.83. The Morgan fingerprint density at radius 1 is 1.36 bits per heavy atom. The van der Waals surface area contributed by atoms with E-state index in [4.69, 9.17) is 27.9 Å². The molecular weight excluding hydrogens is 323 g/mol. The Labute approximate surface area is 141 Å². The minimum absolute atomic E-state index is 0.0230. The summed E-state index contributed by atoms with van der Waals surface area (Å²) >= 11 is 12.1. The lowest BCUT2D eigenvalue weighted by Crippen LogP contribution is -3.16. The second-order valence-corrected chi connectivity index (χ2v) is 6.89. The second-order valence-electron chi connectivity index (χ2n) is 6.05. The van der Waals surface area contributed by atoms with Crippen LogP contribution in [0.4, 0.5) is 0 Å². The molecule has 3 atom stereocenters. The van der Waals surface area contributed by atoms with Crippen LogP contribution in [0.5, 0.6) is 0 Å². The fourth-order valence-electron chi connectivity index (χ4n) is 2.98. The zero-order chi connectivity index (χ0) is 16.3. The molecule has 1 aromatic rings. The van der Waals surface area contributed by atoms with Gasteiger partial charge in [0.2, 0.25) is 0 Å². The third kappa shape index (κ3) is 4.85. The van der Waals surface area contributed by atoms with Gasteiger partial charge in [0.15, 0.2) is 6.54 Å². The van der Waals surface area contributed by atoms with Crippen molar-refractivity contribution in [2.45, 2.75) is 39.0 Å². The van der Waals surface area contributed by atoms with Gasteiger partial charge >= 0.3 is 0 Å². The first-order chi connectivity index (χ1) is 10.3. The van der Waals surface area contributed by atoms with Gasteiger partial charge < -0.3 is 15.0 Å². The van der Waals surface area contributed by atoms with E-state index in [0.29, 0.717) is 16.6 Å². The summed E-state index contributed by atoms with van der Waals surface area (Å²) in [7, 11) is 0. The molecule has 0 aliphatic carbocycles. The topological polar surface area (TPSA) is 42.8 Å². The van der Waals surface area contributed by atoms with E-state index in [1.807, 2.05) is 26.8 Å². The van der Waals surface area contributed by atoms with Gasteiger partial charge in [0.1, 0.15) is 25.3 Å². The smallest absolute Gasteiger partial charge is 0.275 e. The lowest BCUT2D eigenvalue weighted by Gasteiger charge is -2.32. The molecule has 2 rings (SSSR count). The molecule has 22 heavy (non-hydrogen) atoms. The molecule has 0 radical (unpaired) electrons. The highest BCUT2D eigenvalue weighted by Gasteiger charge is 2.27. The Kier molecular flexibility index (Phi) is 6.09. The van der Waals surface area contributed by atoms with E-state index in [2.05, 4.69) is 5.32 Å². The van der Waals surface area contributed by atoms with Crippen LogP contribution < -0.4 is 10.2 Å². The lowest BCUT2D eigenvalue weighted by atomic mass is 10.1. The number of hydrogen-bond donors (Lipinski definition) is 2. The van der Waals surface area contributed by atoms with Crippen molar-refractivity contribution in [1.82, 2.24) is 5.32 Å². The lowest BCUT2D eigenvalue weighted by molar-refractivity contribution is -0.907. The maximum absolute atomic E-state index is 12.2. The number of carbonyl (C=O) groups excluding carboxylic acids is 1. The van der Waals surface area contributed by atoms with Gasteiger partial charge in [-0.2, -0.15) is 0 Å². The first-order valence-electron chi connectivity index (χ1n) is 7.58. The average molecular weight is 346 g/mol. The minimum Gasteiger partial charge on any atom is -0.364 e. The Morgan fingerprint density at radius 3 is 2.59 bits per heavy atom. The quantitative estimate of drug-likeness (QED) is 0.874. The first-order valence-corrected chi connectivity index (χ1v) is 8.34. The highest BCUT2D eigenvalue weighted by atomic mass is 35.5. The van der Waals surface area contributed by atoms with E-state index in [9.17, 15) is 4.79 Å². The van der Waals surface area contributed by atoms with E-state index >= 15 is 0 Å². The number of rotatable bonds is 4. The van der Waals surface area contributed by atoms with Gasteiger partial charge in [-0.25, -0.2) is 0 Å². The van der Waals surface area contributed by atoms with Gasteiger partial charge in [0, 0.05) is 10.0 Å². The van der Waals surface area contributed by atoms with Crippen LogP contribution in [0.3, 0.4) is 0 Å². The fourth-order valence-corrected chi connectivity index (χ4v) is 3.56. The van der Waals surface area contributed by atoms with E-state index in [1.54, 1.807) is 12.1 Å². The second kappa shape index (κ2) is 7.64. The van der Waals surface area contributed by atoms with E-state index in [-0.39, 0.29) is 24.2 Å². The maximum atomic E-state index is 12.2. The van der Waals surface area contributed by atoms with E-state index in [1.165, 1.54) is 4.90 Å². The standard InChI is InChI=1S/C16H22Cl2N2O2/c1-10-7-20(8-11(2)22-10)9-16(21)19-12(3)14-5-4-13(17)6-15(14)18/h4-6,10-12H,7-9H2,1-3H3,(H,19,21)/p+1/t10-,11-,12-/m0/s1. The molecule has 1 aliphatic rings. The minimum atomic E-state index is -0.146. The largest absolute Gasteiger partial charge is 0.364 e. The molecule has 1 fully saturated rings. The number of halogens is 2. The van der Waals surface area contributed by atoms with Crippen molar-refractivity contribution in [3.63, 3.8) is 0 Å². The normalized spacial score (nSPS) is 26.5. The molecule has 0 unspecified atom stereocenters. The van der Waals surface area contributed by atoms with Crippen molar-refractivity contribution >= 4 is 29.1 Å². The Morgan fingerprint density at radius 2 is 2.00 bits per heavy atom. The SMILES string of the molecule is C[C@H](NC(=O)C[NH+]1C[C@H](C)O[C@@H](C)C1)c1ccc(Cl)cc1Cl. The molecule has 0 saturated carbocycles. The fraction of sp³-hybridized carbons (Fsp3) is 0.562. The highest BCUT2D eigenvalue weighted by molar-refractivity contribution is 6.35. The van der Waals surface area contributed by atoms with Crippen molar-refractivity contribution in [2.75, 3.05) is 19.6 Å². The van der Waals surface area contributed by atoms with Crippen LogP contribution in [-0.2, 0) is 9.53 Å². The average Bonchev–Trinajstić information content (AvgIpc) is 2.36. The summed E-state index contributed by atoms with van der Waals surface area (Å²) in [5.74, 6) is 0.0230. The predicted molar refractivity (Wildman–Crippen MR) is 88.6 cm³/mol. The molecule has 0 spiro atoms. The first kappa shape index (κ1) is 17.5. The molecule has 122 valence electrons. The van der Waals surface area contributed by atoms with Crippen molar-refractivity contribution in [1.29, 1.82) is 0 Å². The molecule has 0 bridgehead atoms. The van der Waals surface area contributed by atoms with Gasteiger partial charge in [-0.15, -0.1) is 0 Å².